The summed E-state index contributed by atoms with van der Waals surface area (Å²) in [5, 5.41) is 0. The molecule has 0 bridgehead atoms. The highest BCUT2D eigenvalue weighted by Crippen LogP contribution is 2.13. The fourth-order valence-corrected chi connectivity index (χ4v) is 0.897. The normalized spacial score (nSPS) is 8.46. The first-order valence-electron chi connectivity index (χ1n) is 3.43. The molecule has 4 nitrogen and oxygen atoms in total. The molecule has 0 aliphatic heterocycles. The smallest absolute Gasteiger partial charge is 0.340 e. The Morgan fingerprint density at radius 3 is 2.62 bits per heavy atom. The molecule has 0 heterocycles. The highest BCUT2D eigenvalue weighted by atomic mass is 35.5. The van der Waals surface area contributed by atoms with Gasteiger partial charge in [-0.3, -0.25) is 5.84 Å². The summed E-state index contributed by atoms with van der Waals surface area (Å²) in [5.41, 5.74) is 3.40. The zero-order chi connectivity index (χ0) is 8.97. The van der Waals surface area contributed by atoms with E-state index in [0.29, 0.717) is 11.3 Å². The van der Waals surface area contributed by atoms with Crippen LogP contribution in [0.15, 0.2) is 24.3 Å². The lowest BCUT2D eigenvalue weighted by molar-refractivity contribution is 0.0602. The minimum atomic E-state index is -0.399. The summed E-state index contributed by atoms with van der Waals surface area (Å²) in [6.07, 6.45) is 0. The van der Waals surface area contributed by atoms with Gasteiger partial charge in [0.25, 0.3) is 0 Å². The molecule has 0 saturated carbocycles. The Morgan fingerprint density at radius 1 is 1.46 bits per heavy atom. The molecule has 0 aliphatic carbocycles. The van der Waals surface area contributed by atoms with Crippen molar-refractivity contribution in [2.24, 2.45) is 5.84 Å². The number of anilines is 1. The molecule has 0 aliphatic rings. The first-order valence-corrected chi connectivity index (χ1v) is 3.43. The largest absolute Gasteiger partial charge is 0.465 e. The van der Waals surface area contributed by atoms with Crippen LogP contribution in [-0.4, -0.2) is 13.1 Å². The Labute approximate surface area is 82.4 Å². The summed E-state index contributed by atoms with van der Waals surface area (Å²) in [7, 11) is 1.33. The molecule has 1 aromatic carbocycles. The van der Waals surface area contributed by atoms with Crippen LogP contribution in [0, 0.1) is 0 Å². The maximum atomic E-state index is 11.1. The number of hydrazine groups is 1. The van der Waals surface area contributed by atoms with Crippen molar-refractivity contribution in [2.45, 2.75) is 0 Å². The average molecular weight is 203 g/mol. The number of hydrogen-bond donors (Lipinski definition) is 2. The number of para-hydroxylation sites is 1. The zero-order valence-electron chi connectivity index (χ0n) is 7.11. The zero-order valence-corrected chi connectivity index (χ0v) is 7.93. The van der Waals surface area contributed by atoms with Crippen molar-refractivity contribution in [2.75, 3.05) is 12.5 Å². The highest BCUT2D eigenvalue weighted by Gasteiger charge is 2.08. The number of halogens is 1. The summed E-state index contributed by atoms with van der Waals surface area (Å²) >= 11 is 0. The molecule has 0 fully saturated rings. The van der Waals surface area contributed by atoms with Gasteiger partial charge in [-0.05, 0) is 12.1 Å². The number of nitrogens with two attached hydrogens (primary N) is 1. The molecule has 0 spiro atoms. The number of methoxy groups -OCH3 is 1. The van der Waals surface area contributed by atoms with Gasteiger partial charge in [0.05, 0.1) is 18.4 Å². The second-order valence-electron chi connectivity index (χ2n) is 2.18. The second-order valence-corrected chi connectivity index (χ2v) is 2.18. The SMILES string of the molecule is COC(=O)c1ccccc1NN.Cl. The summed E-state index contributed by atoms with van der Waals surface area (Å²) in [5.74, 6) is 4.79. The molecule has 0 aromatic heterocycles. The standard InChI is InChI=1S/C8H10N2O2.ClH/c1-12-8(11)6-4-2-3-5-7(6)10-9;/h2-5,10H,9H2,1H3;1H. The Bertz CT molecular complexity index is 291. The number of hydrogen-bond acceptors (Lipinski definition) is 4. The number of benzene rings is 1. The van der Waals surface area contributed by atoms with Crippen LogP contribution in [0.4, 0.5) is 5.69 Å². The number of rotatable bonds is 2. The van der Waals surface area contributed by atoms with E-state index in [-0.39, 0.29) is 12.4 Å². The van der Waals surface area contributed by atoms with Gasteiger partial charge in [-0.25, -0.2) is 4.79 Å². The third-order valence-electron chi connectivity index (χ3n) is 1.49. The third-order valence-corrected chi connectivity index (χ3v) is 1.49. The van der Waals surface area contributed by atoms with Gasteiger partial charge in [-0.15, -0.1) is 12.4 Å². The van der Waals surface area contributed by atoms with Crippen LogP contribution in [0.25, 0.3) is 0 Å². The summed E-state index contributed by atoms with van der Waals surface area (Å²) in [6.45, 7) is 0. The van der Waals surface area contributed by atoms with Crippen molar-refractivity contribution in [3.63, 3.8) is 0 Å². The van der Waals surface area contributed by atoms with E-state index < -0.39 is 5.97 Å². The number of ether oxygens (including phenoxy) is 1. The van der Waals surface area contributed by atoms with Gasteiger partial charge in [0, 0.05) is 0 Å². The minimum absolute atomic E-state index is 0. The fraction of sp³-hybridized carbons (Fsp3) is 0.125. The Hall–Kier alpha value is -1.26. The average Bonchev–Trinajstić information content (AvgIpc) is 2.16. The molecule has 0 saturated heterocycles. The van der Waals surface area contributed by atoms with Gasteiger partial charge in [0.1, 0.15) is 0 Å². The van der Waals surface area contributed by atoms with Crippen LogP contribution in [-0.2, 0) is 4.74 Å². The fourth-order valence-electron chi connectivity index (χ4n) is 0.897. The van der Waals surface area contributed by atoms with Crippen molar-refractivity contribution in [1.29, 1.82) is 0 Å². The number of esters is 1. The molecule has 0 unspecified atom stereocenters. The molecule has 72 valence electrons. The molecule has 1 rings (SSSR count). The molecule has 0 amide bonds. The van der Waals surface area contributed by atoms with Crippen LogP contribution >= 0.6 is 12.4 Å². The monoisotopic (exact) mass is 202 g/mol. The van der Waals surface area contributed by atoms with Crippen LogP contribution in [0.1, 0.15) is 10.4 Å². The molecule has 13 heavy (non-hydrogen) atoms. The van der Waals surface area contributed by atoms with Crippen molar-refractivity contribution < 1.29 is 9.53 Å². The summed E-state index contributed by atoms with van der Waals surface area (Å²) in [6, 6.07) is 6.86. The van der Waals surface area contributed by atoms with Gasteiger partial charge >= 0.3 is 5.97 Å². The molecule has 3 N–H and O–H groups in total. The van der Waals surface area contributed by atoms with Crippen LogP contribution < -0.4 is 11.3 Å². The molecular weight excluding hydrogens is 192 g/mol. The number of nitrogen functional groups attached to an aromatic ring is 1. The predicted octanol–water partition coefficient (Wildman–Crippen LogP) is 1.18. The summed E-state index contributed by atoms with van der Waals surface area (Å²) in [4.78, 5) is 11.1. The lowest BCUT2D eigenvalue weighted by Crippen LogP contribution is -2.12. The predicted molar refractivity (Wildman–Crippen MR) is 52.8 cm³/mol. The van der Waals surface area contributed by atoms with Crippen LogP contribution in [0.3, 0.4) is 0 Å². The van der Waals surface area contributed by atoms with Gasteiger partial charge in [-0.1, -0.05) is 12.1 Å². The van der Waals surface area contributed by atoms with E-state index in [9.17, 15) is 4.79 Å². The highest BCUT2D eigenvalue weighted by molar-refractivity contribution is 5.95. The van der Waals surface area contributed by atoms with Crippen LogP contribution in [0.2, 0.25) is 0 Å². The number of carbonyl (C=O) groups is 1. The lowest BCUT2D eigenvalue weighted by atomic mass is 10.2. The minimum Gasteiger partial charge on any atom is -0.465 e. The molecular formula is C8H11ClN2O2. The van der Waals surface area contributed by atoms with E-state index in [0.717, 1.165) is 0 Å². The molecule has 0 atom stereocenters. The van der Waals surface area contributed by atoms with Crippen molar-refractivity contribution >= 4 is 24.1 Å². The van der Waals surface area contributed by atoms with Crippen molar-refractivity contribution in [1.82, 2.24) is 0 Å². The van der Waals surface area contributed by atoms with Crippen molar-refractivity contribution in [3.05, 3.63) is 29.8 Å². The molecule has 1 aromatic rings. The first kappa shape index (κ1) is 11.7. The maximum Gasteiger partial charge on any atom is 0.340 e. The van der Waals surface area contributed by atoms with Crippen molar-refractivity contribution in [3.8, 4) is 0 Å². The van der Waals surface area contributed by atoms with Gasteiger partial charge < -0.3 is 10.2 Å². The number of nitrogens with one attached hydrogen (secondary N) is 1. The van der Waals surface area contributed by atoms with Gasteiger partial charge in [0.15, 0.2) is 0 Å². The van der Waals surface area contributed by atoms with E-state index >= 15 is 0 Å². The molecule has 5 heteroatoms. The van der Waals surface area contributed by atoms with E-state index in [4.69, 9.17) is 5.84 Å². The lowest BCUT2D eigenvalue weighted by Gasteiger charge is -2.05. The number of carbonyl (C=O) groups excluding carboxylic acids is 1. The maximum absolute atomic E-state index is 11.1. The Morgan fingerprint density at radius 2 is 2.08 bits per heavy atom. The Balaban J connectivity index is 0.00000144. The quantitative estimate of drug-likeness (QED) is 0.430. The summed E-state index contributed by atoms with van der Waals surface area (Å²) < 4.78 is 4.54. The Kier molecular flexibility index (Phi) is 4.87. The van der Waals surface area contributed by atoms with E-state index in [1.54, 1.807) is 24.3 Å². The topological polar surface area (TPSA) is 64.3 Å². The molecule has 0 radical (unpaired) electrons. The third kappa shape index (κ3) is 2.61. The van der Waals surface area contributed by atoms with Gasteiger partial charge in [-0.2, -0.15) is 0 Å². The van der Waals surface area contributed by atoms with E-state index in [1.807, 2.05) is 0 Å². The van der Waals surface area contributed by atoms with E-state index in [2.05, 4.69) is 10.2 Å². The van der Waals surface area contributed by atoms with Crippen LogP contribution in [0.5, 0.6) is 0 Å². The first-order chi connectivity index (χ1) is 5.79. The second kappa shape index (κ2) is 5.40. The van der Waals surface area contributed by atoms with Gasteiger partial charge in [0.2, 0.25) is 0 Å². The van der Waals surface area contributed by atoms with E-state index in [1.165, 1.54) is 7.11 Å².